The zero-order valence-corrected chi connectivity index (χ0v) is 17.4. The molecule has 0 radical (unpaired) electrons. The highest BCUT2D eigenvalue weighted by atomic mass is 32.2. The molecule has 1 aliphatic rings. The van der Waals surface area contributed by atoms with E-state index in [1.165, 1.54) is 30.2 Å². The molecule has 150 valence electrons. The fraction of sp³-hybridized carbons (Fsp3) is 0.364. The lowest BCUT2D eigenvalue weighted by Crippen LogP contribution is -2.33. The van der Waals surface area contributed by atoms with Crippen LogP contribution in [-0.2, 0) is 11.2 Å². The maximum Gasteiger partial charge on any atom is 0.230 e. The highest BCUT2D eigenvalue weighted by Crippen LogP contribution is 2.27. The molecule has 3 aromatic rings. The molecule has 1 saturated carbocycles. The number of hydrogen-bond donors (Lipinski definition) is 1. The predicted octanol–water partition coefficient (Wildman–Crippen LogP) is 4.04. The van der Waals surface area contributed by atoms with Gasteiger partial charge >= 0.3 is 0 Å². The Morgan fingerprint density at radius 2 is 1.93 bits per heavy atom. The molecule has 4 rings (SSSR count). The minimum absolute atomic E-state index is 0.0529. The van der Waals surface area contributed by atoms with Crippen LogP contribution in [0.4, 0.5) is 0 Å². The summed E-state index contributed by atoms with van der Waals surface area (Å²) in [5.74, 6) is 1.05. The first-order valence-corrected chi connectivity index (χ1v) is 11.1. The van der Waals surface area contributed by atoms with E-state index in [-0.39, 0.29) is 5.91 Å². The van der Waals surface area contributed by atoms with Crippen LogP contribution in [0.2, 0.25) is 0 Å². The highest BCUT2D eigenvalue weighted by molar-refractivity contribution is 7.99. The number of rotatable bonds is 7. The standard InChI is InChI=1S/C22H25N5OS/c1-2-16-10-12-18(13-11-16)27-21(19-9-5-6-14-23-19)25-26-22(27)29-15-20(28)24-17-7-3-4-8-17/h5-6,9-14,17H,2-4,7-8,15H2,1H3,(H,24,28). The highest BCUT2D eigenvalue weighted by Gasteiger charge is 2.20. The van der Waals surface area contributed by atoms with Crippen LogP contribution in [0, 0.1) is 0 Å². The molecule has 1 aromatic carbocycles. The molecular weight excluding hydrogens is 382 g/mol. The van der Waals surface area contributed by atoms with Crippen molar-refractivity contribution < 1.29 is 4.79 Å². The molecule has 1 fully saturated rings. The number of nitrogens with zero attached hydrogens (tertiary/aromatic N) is 4. The van der Waals surface area contributed by atoms with Crippen molar-refractivity contribution in [1.82, 2.24) is 25.1 Å². The molecule has 7 heteroatoms. The lowest BCUT2D eigenvalue weighted by atomic mass is 10.1. The molecule has 1 aliphatic carbocycles. The van der Waals surface area contributed by atoms with Gasteiger partial charge in [-0.05, 0) is 49.1 Å². The Bertz CT molecular complexity index is 949. The summed E-state index contributed by atoms with van der Waals surface area (Å²) < 4.78 is 1.98. The maximum atomic E-state index is 12.4. The number of amides is 1. The first-order chi connectivity index (χ1) is 14.2. The van der Waals surface area contributed by atoms with Crippen molar-refractivity contribution in [3.8, 4) is 17.2 Å². The summed E-state index contributed by atoms with van der Waals surface area (Å²) in [6, 6.07) is 14.4. The van der Waals surface area contributed by atoms with Crippen LogP contribution in [0.5, 0.6) is 0 Å². The second-order valence-corrected chi connectivity index (χ2v) is 8.16. The lowest BCUT2D eigenvalue weighted by Gasteiger charge is -2.13. The second-order valence-electron chi connectivity index (χ2n) is 7.21. The Hall–Kier alpha value is -2.67. The topological polar surface area (TPSA) is 72.7 Å². The minimum atomic E-state index is 0.0529. The second kappa shape index (κ2) is 9.22. The number of aryl methyl sites for hydroxylation is 1. The van der Waals surface area contributed by atoms with Crippen LogP contribution < -0.4 is 5.32 Å². The van der Waals surface area contributed by atoms with Gasteiger partial charge in [-0.25, -0.2) is 0 Å². The zero-order chi connectivity index (χ0) is 20.1. The smallest absolute Gasteiger partial charge is 0.230 e. The molecule has 0 unspecified atom stereocenters. The molecule has 29 heavy (non-hydrogen) atoms. The maximum absolute atomic E-state index is 12.4. The molecule has 6 nitrogen and oxygen atoms in total. The van der Waals surface area contributed by atoms with Crippen LogP contribution in [-0.4, -0.2) is 37.5 Å². The molecule has 0 bridgehead atoms. The largest absolute Gasteiger partial charge is 0.353 e. The minimum Gasteiger partial charge on any atom is -0.353 e. The quantitative estimate of drug-likeness (QED) is 0.599. The van der Waals surface area contributed by atoms with E-state index in [9.17, 15) is 4.79 Å². The van der Waals surface area contributed by atoms with Crippen LogP contribution in [0.3, 0.4) is 0 Å². The van der Waals surface area contributed by atoms with Crippen molar-refractivity contribution in [3.63, 3.8) is 0 Å². The molecule has 2 heterocycles. The Labute approximate surface area is 175 Å². The molecule has 0 saturated heterocycles. The van der Waals surface area contributed by atoms with Gasteiger partial charge in [0.25, 0.3) is 0 Å². The molecule has 0 spiro atoms. The Morgan fingerprint density at radius 3 is 2.62 bits per heavy atom. The summed E-state index contributed by atoms with van der Waals surface area (Å²) in [5.41, 5.74) is 2.99. The van der Waals surface area contributed by atoms with Crippen molar-refractivity contribution >= 4 is 17.7 Å². The number of benzene rings is 1. The summed E-state index contributed by atoms with van der Waals surface area (Å²) in [6.07, 6.45) is 7.30. The van der Waals surface area contributed by atoms with E-state index in [4.69, 9.17) is 0 Å². The lowest BCUT2D eigenvalue weighted by molar-refractivity contribution is -0.119. The van der Waals surface area contributed by atoms with Gasteiger partial charge in [-0.15, -0.1) is 10.2 Å². The molecule has 1 amide bonds. The summed E-state index contributed by atoms with van der Waals surface area (Å²) >= 11 is 1.41. The van der Waals surface area contributed by atoms with Crippen molar-refractivity contribution in [2.75, 3.05) is 5.75 Å². The van der Waals surface area contributed by atoms with Crippen molar-refractivity contribution in [2.24, 2.45) is 0 Å². The monoisotopic (exact) mass is 407 g/mol. The normalized spacial score (nSPS) is 14.2. The fourth-order valence-electron chi connectivity index (χ4n) is 3.61. The van der Waals surface area contributed by atoms with Crippen molar-refractivity contribution in [3.05, 3.63) is 54.2 Å². The first-order valence-electron chi connectivity index (χ1n) is 10.1. The Balaban J connectivity index is 1.59. The number of carbonyl (C=O) groups excluding carboxylic acids is 1. The van der Waals surface area contributed by atoms with E-state index < -0.39 is 0 Å². The number of nitrogens with one attached hydrogen (secondary N) is 1. The van der Waals surface area contributed by atoms with Gasteiger partial charge in [-0.1, -0.05) is 49.7 Å². The van der Waals surface area contributed by atoms with Gasteiger partial charge < -0.3 is 5.32 Å². The van der Waals surface area contributed by atoms with E-state index in [0.29, 0.717) is 22.8 Å². The van der Waals surface area contributed by atoms with Crippen LogP contribution in [0.15, 0.2) is 53.8 Å². The molecule has 1 N–H and O–H groups in total. The van der Waals surface area contributed by atoms with Crippen molar-refractivity contribution in [2.45, 2.75) is 50.2 Å². The van der Waals surface area contributed by atoms with E-state index in [1.54, 1.807) is 6.20 Å². The fourth-order valence-corrected chi connectivity index (χ4v) is 4.37. The predicted molar refractivity (Wildman–Crippen MR) is 115 cm³/mol. The van der Waals surface area contributed by atoms with Gasteiger partial charge in [0, 0.05) is 17.9 Å². The number of aromatic nitrogens is 4. The summed E-state index contributed by atoms with van der Waals surface area (Å²) in [4.78, 5) is 16.8. The van der Waals surface area contributed by atoms with Gasteiger partial charge in [-0.3, -0.25) is 14.3 Å². The third kappa shape index (κ3) is 4.67. The third-order valence-corrected chi connectivity index (χ3v) is 6.11. The SMILES string of the molecule is CCc1ccc(-n2c(SCC(=O)NC3CCCC3)nnc2-c2ccccn2)cc1. The van der Waals surface area contributed by atoms with Crippen LogP contribution in [0.25, 0.3) is 17.2 Å². The summed E-state index contributed by atoms with van der Waals surface area (Å²) in [6.45, 7) is 2.14. The van der Waals surface area contributed by atoms with Gasteiger partial charge in [0.1, 0.15) is 5.69 Å². The van der Waals surface area contributed by atoms with Crippen molar-refractivity contribution in [1.29, 1.82) is 0 Å². The molecule has 0 atom stereocenters. The van der Waals surface area contributed by atoms with Crippen LogP contribution in [0.1, 0.15) is 38.2 Å². The van der Waals surface area contributed by atoms with Crippen LogP contribution >= 0.6 is 11.8 Å². The van der Waals surface area contributed by atoms with Gasteiger partial charge in [-0.2, -0.15) is 0 Å². The molecule has 0 aliphatic heterocycles. The number of thioether (sulfide) groups is 1. The van der Waals surface area contributed by atoms with E-state index in [0.717, 1.165) is 30.6 Å². The Kier molecular flexibility index (Phi) is 6.24. The van der Waals surface area contributed by atoms with Gasteiger partial charge in [0.05, 0.1) is 5.75 Å². The molecular formula is C22H25N5OS. The average Bonchev–Trinajstić information content (AvgIpc) is 3.43. The van der Waals surface area contributed by atoms with Gasteiger partial charge in [0.2, 0.25) is 5.91 Å². The van der Waals surface area contributed by atoms with E-state index in [1.807, 2.05) is 22.8 Å². The summed E-state index contributed by atoms with van der Waals surface area (Å²) in [7, 11) is 0. The Morgan fingerprint density at radius 1 is 1.14 bits per heavy atom. The average molecular weight is 408 g/mol. The van der Waals surface area contributed by atoms with Gasteiger partial charge in [0.15, 0.2) is 11.0 Å². The molecule has 2 aromatic heterocycles. The first kappa shape index (κ1) is 19.6. The van der Waals surface area contributed by atoms with E-state index in [2.05, 4.69) is 51.7 Å². The zero-order valence-electron chi connectivity index (χ0n) is 16.5. The van der Waals surface area contributed by atoms with E-state index >= 15 is 0 Å². The number of pyridine rings is 1. The number of carbonyl (C=O) groups is 1. The third-order valence-electron chi connectivity index (χ3n) is 5.18. The summed E-state index contributed by atoms with van der Waals surface area (Å²) in [5, 5.41) is 12.6. The number of hydrogen-bond acceptors (Lipinski definition) is 5.